The Balaban J connectivity index is 2.11. The van der Waals surface area contributed by atoms with E-state index in [1.807, 2.05) is 19.3 Å². The first kappa shape index (κ1) is 10.8. The average Bonchev–Trinajstić information content (AvgIpc) is 2.70. The van der Waals surface area contributed by atoms with Crippen molar-refractivity contribution in [2.24, 2.45) is 0 Å². The summed E-state index contributed by atoms with van der Waals surface area (Å²) in [6.45, 7) is 1.24. The molecule has 0 radical (unpaired) electrons. The Morgan fingerprint density at radius 2 is 2.19 bits per heavy atom. The molecule has 0 amide bonds. The summed E-state index contributed by atoms with van der Waals surface area (Å²) < 4.78 is 15.1. The molecule has 0 spiro atoms. The maximum absolute atomic E-state index is 13.4. The lowest BCUT2D eigenvalue weighted by molar-refractivity contribution is 0.585. The van der Waals surface area contributed by atoms with Gasteiger partial charge in [-0.3, -0.25) is 4.68 Å². The van der Waals surface area contributed by atoms with Gasteiger partial charge in [0.2, 0.25) is 0 Å². The minimum Gasteiger partial charge on any atom is -0.316 e. The topological polar surface area (TPSA) is 29.9 Å². The minimum absolute atomic E-state index is 0.187. The summed E-state index contributed by atoms with van der Waals surface area (Å²) in [5.74, 6) is -0.187. The van der Waals surface area contributed by atoms with Crippen LogP contribution in [0.1, 0.15) is 11.1 Å². The minimum atomic E-state index is -0.187. The van der Waals surface area contributed by atoms with E-state index >= 15 is 0 Å². The molecule has 0 unspecified atom stereocenters. The summed E-state index contributed by atoms with van der Waals surface area (Å²) >= 11 is 0. The van der Waals surface area contributed by atoms with Crippen molar-refractivity contribution in [1.82, 2.24) is 15.1 Å². The van der Waals surface area contributed by atoms with Crippen LogP contribution in [0.5, 0.6) is 0 Å². The molecule has 0 aliphatic rings. The molecular formula is C12H14FN3. The van der Waals surface area contributed by atoms with Crippen LogP contribution in [0.25, 0.3) is 0 Å². The van der Waals surface area contributed by atoms with E-state index in [9.17, 15) is 4.39 Å². The second-order valence-electron chi connectivity index (χ2n) is 3.67. The molecule has 0 bridgehead atoms. The first-order valence-electron chi connectivity index (χ1n) is 5.19. The van der Waals surface area contributed by atoms with Crippen LogP contribution in [-0.2, 0) is 13.1 Å². The van der Waals surface area contributed by atoms with E-state index in [2.05, 4.69) is 10.4 Å². The van der Waals surface area contributed by atoms with Crippen molar-refractivity contribution in [1.29, 1.82) is 0 Å². The fraction of sp³-hybridized carbons (Fsp3) is 0.250. The van der Waals surface area contributed by atoms with Crippen molar-refractivity contribution < 1.29 is 4.39 Å². The quantitative estimate of drug-likeness (QED) is 0.849. The zero-order valence-corrected chi connectivity index (χ0v) is 9.15. The van der Waals surface area contributed by atoms with Crippen molar-refractivity contribution in [2.75, 3.05) is 7.05 Å². The molecule has 3 nitrogen and oxygen atoms in total. The highest BCUT2D eigenvalue weighted by Crippen LogP contribution is 2.08. The van der Waals surface area contributed by atoms with E-state index in [1.54, 1.807) is 23.0 Å². The van der Waals surface area contributed by atoms with E-state index in [1.165, 1.54) is 6.07 Å². The van der Waals surface area contributed by atoms with Gasteiger partial charge in [-0.05, 0) is 13.1 Å². The number of aromatic nitrogens is 2. The summed E-state index contributed by atoms with van der Waals surface area (Å²) in [6, 6.07) is 6.76. The zero-order valence-electron chi connectivity index (χ0n) is 9.15. The lowest BCUT2D eigenvalue weighted by atomic mass is 10.2. The summed E-state index contributed by atoms with van der Waals surface area (Å²) in [5.41, 5.74) is 1.75. The van der Waals surface area contributed by atoms with Gasteiger partial charge in [-0.25, -0.2) is 4.39 Å². The number of hydrogen-bond acceptors (Lipinski definition) is 2. The van der Waals surface area contributed by atoms with Crippen molar-refractivity contribution in [2.45, 2.75) is 13.1 Å². The second kappa shape index (κ2) is 4.90. The van der Waals surface area contributed by atoms with Crippen molar-refractivity contribution in [3.8, 4) is 0 Å². The first-order chi connectivity index (χ1) is 7.79. The van der Waals surface area contributed by atoms with Crippen molar-refractivity contribution >= 4 is 0 Å². The highest BCUT2D eigenvalue weighted by molar-refractivity contribution is 5.18. The molecule has 2 rings (SSSR count). The van der Waals surface area contributed by atoms with Crippen LogP contribution in [0.4, 0.5) is 4.39 Å². The van der Waals surface area contributed by atoms with E-state index in [4.69, 9.17) is 0 Å². The molecule has 4 heteroatoms. The predicted molar refractivity (Wildman–Crippen MR) is 60.5 cm³/mol. The van der Waals surface area contributed by atoms with Gasteiger partial charge in [0.25, 0.3) is 0 Å². The maximum Gasteiger partial charge on any atom is 0.128 e. The standard InChI is InChI=1S/C12H14FN3/c1-14-6-10-7-15-16(8-10)9-11-4-2-3-5-12(11)13/h2-5,7-8,14H,6,9H2,1H3. The molecule has 84 valence electrons. The Morgan fingerprint density at radius 3 is 2.94 bits per heavy atom. The van der Waals surface area contributed by atoms with Crippen molar-refractivity contribution in [3.63, 3.8) is 0 Å². The predicted octanol–water partition coefficient (Wildman–Crippen LogP) is 1.79. The van der Waals surface area contributed by atoms with E-state index < -0.39 is 0 Å². The van der Waals surface area contributed by atoms with E-state index in [0.29, 0.717) is 12.1 Å². The van der Waals surface area contributed by atoms with E-state index in [0.717, 1.165) is 12.1 Å². The third-order valence-electron chi connectivity index (χ3n) is 2.36. The lowest BCUT2D eigenvalue weighted by Gasteiger charge is -2.02. The Hall–Kier alpha value is -1.68. The summed E-state index contributed by atoms with van der Waals surface area (Å²) in [7, 11) is 1.88. The molecule has 0 atom stereocenters. The first-order valence-corrected chi connectivity index (χ1v) is 5.19. The fourth-order valence-electron chi connectivity index (χ4n) is 1.59. The van der Waals surface area contributed by atoms with Gasteiger partial charge >= 0.3 is 0 Å². The van der Waals surface area contributed by atoms with Gasteiger partial charge in [-0.15, -0.1) is 0 Å². The number of hydrogen-bond donors (Lipinski definition) is 1. The molecule has 0 aliphatic heterocycles. The molecule has 0 saturated heterocycles. The van der Waals surface area contributed by atoms with Crippen LogP contribution < -0.4 is 5.32 Å². The number of nitrogens with zero attached hydrogens (tertiary/aromatic N) is 2. The molecule has 1 N–H and O–H groups in total. The van der Waals surface area contributed by atoms with Crippen LogP contribution in [0, 0.1) is 5.82 Å². The molecular weight excluding hydrogens is 205 g/mol. The normalized spacial score (nSPS) is 10.6. The molecule has 1 aromatic heterocycles. The largest absolute Gasteiger partial charge is 0.316 e. The molecule has 0 aliphatic carbocycles. The van der Waals surface area contributed by atoms with Crippen molar-refractivity contribution in [3.05, 3.63) is 53.6 Å². The summed E-state index contributed by atoms with van der Waals surface area (Å²) in [4.78, 5) is 0. The Morgan fingerprint density at radius 1 is 1.38 bits per heavy atom. The molecule has 1 heterocycles. The van der Waals surface area contributed by atoms with Gasteiger partial charge in [0, 0.05) is 23.9 Å². The van der Waals surface area contributed by atoms with Gasteiger partial charge in [0.15, 0.2) is 0 Å². The van der Waals surface area contributed by atoms with Crippen LogP contribution in [0.2, 0.25) is 0 Å². The van der Waals surface area contributed by atoms with Crippen LogP contribution in [0.15, 0.2) is 36.7 Å². The fourth-order valence-corrected chi connectivity index (χ4v) is 1.59. The Bertz CT molecular complexity index is 465. The third kappa shape index (κ3) is 2.46. The third-order valence-corrected chi connectivity index (χ3v) is 2.36. The highest BCUT2D eigenvalue weighted by atomic mass is 19.1. The average molecular weight is 219 g/mol. The second-order valence-corrected chi connectivity index (χ2v) is 3.67. The Labute approximate surface area is 93.9 Å². The Kier molecular flexibility index (Phi) is 3.31. The molecule has 0 saturated carbocycles. The maximum atomic E-state index is 13.4. The van der Waals surface area contributed by atoms with Crippen LogP contribution >= 0.6 is 0 Å². The SMILES string of the molecule is CNCc1cnn(Cc2ccccc2F)c1. The molecule has 0 fully saturated rings. The molecule has 1 aromatic carbocycles. The lowest BCUT2D eigenvalue weighted by Crippen LogP contribution is -2.04. The number of benzene rings is 1. The highest BCUT2D eigenvalue weighted by Gasteiger charge is 2.03. The molecule has 2 aromatic rings. The van der Waals surface area contributed by atoms with Gasteiger partial charge < -0.3 is 5.32 Å². The number of nitrogens with one attached hydrogen (secondary N) is 1. The monoisotopic (exact) mass is 219 g/mol. The molecule has 16 heavy (non-hydrogen) atoms. The van der Waals surface area contributed by atoms with Gasteiger partial charge in [-0.2, -0.15) is 5.10 Å². The van der Waals surface area contributed by atoms with E-state index in [-0.39, 0.29) is 5.82 Å². The zero-order chi connectivity index (χ0) is 11.4. The smallest absolute Gasteiger partial charge is 0.128 e. The number of rotatable bonds is 4. The summed E-state index contributed by atoms with van der Waals surface area (Å²) in [6.07, 6.45) is 3.71. The number of halogens is 1. The van der Waals surface area contributed by atoms with Gasteiger partial charge in [0.1, 0.15) is 5.82 Å². The summed E-state index contributed by atoms with van der Waals surface area (Å²) in [5, 5.41) is 7.23. The van der Waals surface area contributed by atoms with Crippen LogP contribution in [-0.4, -0.2) is 16.8 Å². The van der Waals surface area contributed by atoms with Gasteiger partial charge in [0.05, 0.1) is 12.7 Å². The van der Waals surface area contributed by atoms with Gasteiger partial charge in [-0.1, -0.05) is 18.2 Å². The van der Waals surface area contributed by atoms with Crippen LogP contribution in [0.3, 0.4) is 0 Å².